The number of esters is 1. The van der Waals surface area contributed by atoms with Gasteiger partial charge in [-0.15, -0.1) is 0 Å². The number of piperidine rings is 1. The lowest BCUT2D eigenvalue weighted by atomic mass is 10.1. The number of rotatable bonds is 2. The Morgan fingerprint density at radius 2 is 2.17 bits per heavy atom. The van der Waals surface area contributed by atoms with Crippen LogP contribution in [0.25, 0.3) is 0 Å². The van der Waals surface area contributed by atoms with Crippen molar-refractivity contribution in [3.63, 3.8) is 0 Å². The fourth-order valence-electron chi connectivity index (χ4n) is 1.91. The maximum Gasteiger partial charge on any atom is 0.356 e. The van der Waals surface area contributed by atoms with Crippen molar-refractivity contribution >= 4 is 23.4 Å². The normalized spacial score (nSPS) is 16.7. The van der Waals surface area contributed by atoms with E-state index >= 15 is 0 Å². The first-order valence-electron chi connectivity index (χ1n) is 5.73. The molecule has 1 aromatic rings. The summed E-state index contributed by atoms with van der Waals surface area (Å²) in [6.07, 6.45) is 1.80. The van der Waals surface area contributed by atoms with Gasteiger partial charge in [-0.25, -0.2) is 14.8 Å². The van der Waals surface area contributed by atoms with Crippen LogP contribution in [0.1, 0.15) is 23.3 Å². The van der Waals surface area contributed by atoms with E-state index in [-0.39, 0.29) is 17.0 Å². The molecule has 1 aromatic heterocycles. The van der Waals surface area contributed by atoms with Gasteiger partial charge in [0.15, 0.2) is 5.69 Å². The zero-order valence-corrected chi connectivity index (χ0v) is 10.9. The van der Waals surface area contributed by atoms with E-state index in [4.69, 9.17) is 17.3 Å². The third-order valence-corrected chi connectivity index (χ3v) is 3.11. The van der Waals surface area contributed by atoms with Crippen LogP contribution < -0.4 is 10.6 Å². The molecule has 0 aliphatic carbocycles. The zero-order valence-electron chi connectivity index (χ0n) is 10.1. The molecule has 2 heterocycles. The molecule has 7 heteroatoms. The van der Waals surface area contributed by atoms with Crippen LogP contribution in [0.2, 0.25) is 5.28 Å². The number of carbonyl (C=O) groups excluding carboxylic acids is 1. The van der Waals surface area contributed by atoms with Crippen LogP contribution in [-0.4, -0.2) is 42.2 Å². The Bertz CT molecular complexity index is 447. The van der Waals surface area contributed by atoms with Crippen molar-refractivity contribution in [1.29, 1.82) is 0 Å². The van der Waals surface area contributed by atoms with Crippen LogP contribution in [-0.2, 0) is 4.74 Å². The Labute approximate surface area is 110 Å². The molecule has 0 atom stereocenters. The summed E-state index contributed by atoms with van der Waals surface area (Å²) in [4.78, 5) is 21.5. The monoisotopic (exact) mass is 270 g/mol. The number of aromatic nitrogens is 2. The second-order valence-electron chi connectivity index (χ2n) is 4.20. The van der Waals surface area contributed by atoms with Gasteiger partial charge in [-0.05, 0) is 24.4 Å². The largest absolute Gasteiger partial charge is 0.464 e. The second-order valence-corrected chi connectivity index (χ2v) is 4.53. The molecule has 0 aromatic carbocycles. The van der Waals surface area contributed by atoms with Crippen LogP contribution in [0.3, 0.4) is 0 Å². The smallest absolute Gasteiger partial charge is 0.356 e. The van der Waals surface area contributed by atoms with Gasteiger partial charge in [0.2, 0.25) is 5.28 Å². The molecule has 0 saturated carbocycles. The van der Waals surface area contributed by atoms with Crippen molar-refractivity contribution in [3.05, 3.63) is 17.0 Å². The fourth-order valence-corrected chi connectivity index (χ4v) is 2.08. The van der Waals surface area contributed by atoms with Crippen molar-refractivity contribution in [2.45, 2.75) is 18.9 Å². The van der Waals surface area contributed by atoms with Crippen LogP contribution in [0.5, 0.6) is 0 Å². The third kappa shape index (κ3) is 2.88. The molecule has 2 rings (SSSR count). The zero-order chi connectivity index (χ0) is 13.1. The number of halogens is 1. The maximum absolute atomic E-state index is 11.4. The summed E-state index contributed by atoms with van der Waals surface area (Å²) in [6, 6.07) is 1.83. The highest BCUT2D eigenvalue weighted by molar-refractivity contribution is 6.28. The molecule has 18 heavy (non-hydrogen) atoms. The molecule has 1 aliphatic rings. The summed E-state index contributed by atoms with van der Waals surface area (Å²) in [6.45, 7) is 1.60. The van der Waals surface area contributed by atoms with E-state index < -0.39 is 5.97 Å². The minimum atomic E-state index is -0.519. The second kappa shape index (κ2) is 5.49. The number of carbonyl (C=O) groups is 1. The van der Waals surface area contributed by atoms with Gasteiger partial charge >= 0.3 is 5.97 Å². The van der Waals surface area contributed by atoms with Crippen molar-refractivity contribution in [2.24, 2.45) is 5.73 Å². The molecule has 1 aliphatic heterocycles. The number of methoxy groups -OCH3 is 1. The lowest BCUT2D eigenvalue weighted by molar-refractivity contribution is 0.0594. The van der Waals surface area contributed by atoms with Gasteiger partial charge in [0, 0.05) is 25.2 Å². The Hall–Kier alpha value is -1.40. The highest BCUT2D eigenvalue weighted by Gasteiger charge is 2.20. The minimum Gasteiger partial charge on any atom is -0.464 e. The molecule has 1 fully saturated rings. The Kier molecular flexibility index (Phi) is 3.98. The molecular formula is C11H15ClN4O2. The molecule has 2 N–H and O–H groups in total. The Morgan fingerprint density at radius 3 is 2.78 bits per heavy atom. The predicted molar refractivity (Wildman–Crippen MR) is 67.8 cm³/mol. The standard InChI is InChI=1S/C11H15ClN4O2/c1-18-10(17)8-6-9(15-11(12)14-8)16-4-2-7(13)3-5-16/h6-7H,2-5,13H2,1H3. The first-order chi connectivity index (χ1) is 8.60. The Balaban J connectivity index is 2.22. The fraction of sp³-hybridized carbons (Fsp3) is 0.545. The number of anilines is 1. The van der Waals surface area contributed by atoms with E-state index in [0.717, 1.165) is 25.9 Å². The molecule has 0 spiro atoms. The van der Waals surface area contributed by atoms with Gasteiger partial charge in [0.25, 0.3) is 0 Å². The lowest BCUT2D eigenvalue weighted by Gasteiger charge is -2.31. The summed E-state index contributed by atoms with van der Waals surface area (Å²) in [7, 11) is 1.30. The summed E-state index contributed by atoms with van der Waals surface area (Å²) in [5.41, 5.74) is 6.01. The molecule has 98 valence electrons. The van der Waals surface area contributed by atoms with Gasteiger partial charge in [-0.1, -0.05) is 0 Å². The van der Waals surface area contributed by atoms with Crippen molar-refractivity contribution < 1.29 is 9.53 Å². The highest BCUT2D eigenvalue weighted by atomic mass is 35.5. The lowest BCUT2D eigenvalue weighted by Crippen LogP contribution is -2.40. The van der Waals surface area contributed by atoms with Gasteiger partial charge in [-0.2, -0.15) is 0 Å². The van der Waals surface area contributed by atoms with Gasteiger partial charge in [-0.3, -0.25) is 0 Å². The first-order valence-corrected chi connectivity index (χ1v) is 6.11. The van der Waals surface area contributed by atoms with Crippen molar-refractivity contribution in [1.82, 2.24) is 9.97 Å². The van der Waals surface area contributed by atoms with E-state index in [1.54, 1.807) is 6.07 Å². The predicted octanol–water partition coefficient (Wildman–Crippen LogP) is 0.844. The Morgan fingerprint density at radius 1 is 1.50 bits per heavy atom. The number of ether oxygens (including phenoxy) is 1. The first kappa shape index (κ1) is 13.0. The van der Waals surface area contributed by atoms with Crippen LogP contribution in [0.15, 0.2) is 6.07 Å². The molecule has 0 bridgehead atoms. The highest BCUT2D eigenvalue weighted by Crippen LogP contribution is 2.20. The molecule has 6 nitrogen and oxygen atoms in total. The van der Waals surface area contributed by atoms with E-state index in [2.05, 4.69) is 14.7 Å². The number of hydrogen-bond acceptors (Lipinski definition) is 6. The van der Waals surface area contributed by atoms with E-state index in [1.807, 2.05) is 4.90 Å². The van der Waals surface area contributed by atoms with Crippen LogP contribution >= 0.6 is 11.6 Å². The molecule has 1 saturated heterocycles. The number of nitrogens with two attached hydrogens (primary N) is 1. The van der Waals surface area contributed by atoms with Gasteiger partial charge < -0.3 is 15.4 Å². The third-order valence-electron chi connectivity index (χ3n) is 2.94. The van der Waals surface area contributed by atoms with Crippen molar-refractivity contribution in [2.75, 3.05) is 25.1 Å². The molecular weight excluding hydrogens is 256 g/mol. The van der Waals surface area contributed by atoms with Crippen LogP contribution in [0, 0.1) is 0 Å². The summed E-state index contributed by atoms with van der Waals surface area (Å²) in [5, 5.41) is 0.0442. The average Bonchev–Trinajstić information content (AvgIpc) is 2.38. The number of hydrogen-bond donors (Lipinski definition) is 1. The molecule has 0 unspecified atom stereocenters. The van der Waals surface area contributed by atoms with Gasteiger partial charge in [0.05, 0.1) is 7.11 Å². The minimum absolute atomic E-state index is 0.0442. The summed E-state index contributed by atoms with van der Waals surface area (Å²) < 4.78 is 4.62. The van der Waals surface area contributed by atoms with E-state index in [0.29, 0.717) is 5.82 Å². The number of nitrogens with zero attached hydrogens (tertiary/aromatic N) is 3. The summed E-state index contributed by atoms with van der Waals surface area (Å²) >= 11 is 5.82. The van der Waals surface area contributed by atoms with Crippen molar-refractivity contribution in [3.8, 4) is 0 Å². The van der Waals surface area contributed by atoms with E-state index in [9.17, 15) is 4.79 Å². The molecule has 0 radical (unpaired) electrons. The topological polar surface area (TPSA) is 81.3 Å². The van der Waals surface area contributed by atoms with E-state index in [1.165, 1.54) is 7.11 Å². The average molecular weight is 271 g/mol. The van der Waals surface area contributed by atoms with Gasteiger partial charge in [0.1, 0.15) is 5.82 Å². The quantitative estimate of drug-likeness (QED) is 0.634. The molecule has 0 amide bonds. The SMILES string of the molecule is COC(=O)c1cc(N2CCC(N)CC2)nc(Cl)n1. The van der Waals surface area contributed by atoms with Crippen LogP contribution in [0.4, 0.5) is 5.82 Å². The summed E-state index contributed by atoms with van der Waals surface area (Å²) in [5.74, 6) is 0.122. The maximum atomic E-state index is 11.4.